The van der Waals surface area contributed by atoms with E-state index in [1.54, 1.807) is 6.92 Å². The Hall–Kier alpha value is -1.21. The van der Waals surface area contributed by atoms with Crippen LogP contribution in [-0.4, -0.2) is 58.4 Å². The molecular formula is C19H30O6. The van der Waals surface area contributed by atoms with Crippen LogP contribution in [0.1, 0.15) is 33.6 Å². The molecule has 1 heterocycles. The second-order valence-electron chi connectivity index (χ2n) is 8.13. The third-order valence-corrected chi connectivity index (χ3v) is 5.98. The van der Waals surface area contributed by atoms with Crippen LogP contribution in [0.15, 0.2) is 24.8 Å². The molecule has 2 aliphatic rings. The second-order valence-corrected chi connectivity index (χ2v) is 8.13. The summed E-state index contributed by atoms with van der Waals surface area (Å²) in [5.41, 5.74) is -2.82. The number of carbonyl (C=O) groups excluding carboxylic acids is 1. The molecule has 0 amide bonds. The van der Waals surface area contributed by atoms with Crippen molar-refractivity contribution >= 4 is 5.97 Å². The molecule has 0 spiro atoms. The Balaban J connectivity index is 2.48. The Morgan fingerprint density at radius 2 is 2.16 bits per heavy atom. The van der Waals surface area contributed by atoms with E-state index in [4.69, 9.17) is 9.47 Å². The Labute approximate surface area is 149 Å². The molecule has 1 aliphatic carbocycles. The van der Waals surface area contributed by atoms with Crippen molar-refractivity contribution in [1.82, 2.24) is 0 Å². The van der Waals surface area contributed by atoms with Gasteiger partial charge in [0, 0.05) is 24.9 Å². The predicted octanol–water partition coefficient (Wildman–Crippen LogP) is 1.20. The fourth-order valence-electron chi connectivity index (χ4n) is 5.03. The maximum absolute atomic E-state index is 12.7. The number of rotatable bonds is 8. The zero-order chi connectivity index (χ0) is 19.2. The first kappa shape index (κ1) is 20.1. The molecule has 142 valence electrons. The fraction of sp³-hybridized carbons (Fsp3) is 0.737. The van der Waals surface area contributed by atoms with Crippen LogP contribution in [-0.2, 0) is 14.3 Å². The lowest BCUT2D eigenvalue weighted by Crippen LogP contribution is -2.74. The zero-order valence-electron chi connectivity index (χ0n) is 15.5. The number of aliphatic hydroxyl groups is 3. The van der Waals surface area contributed by atoms with Crippen LogP contribution < -0.4 is 0 Å². The molecule has 1 saturated carbocycles. The number of hydrogen-bond donors (Lipinski definition) is 3. The van der Waals surface area contributed by atoms with Crippen LogP contribution in [0, 0.1) is 17.3 Å². The summed E-state index contributed by atoms with van der Waals surface area (Å²) >= 11 is 0. The first-order valence-corrected chi connectivity index (χ1v) is 8.55. The second kappa shape index (κ2) is 6.50. The first-order valence-electron chi connectivity index (χ1n) is 8.55. The number of hydrogen-bond acceptors (Lipinski definition) is 6. The topological polar surface area (TPSA) is 96.2 Å². The van der Waals surface area contributed by atoms with Crippen molar-refractivity contribution in [2.45, 2.75) is 57.0 Å². The van der Waals surface area contributed by atoms with Crippen molar-refractivity contribution < 1.29 is 29.6 Å². The molecule has 25 heavy (non-hydrogen) atoms. The molecule has 0 bridgehead atoms. The highest BCUT2D eigenvalue weighted by molar-refractivity contribution is 5.78. The van der Waals surface area contributed by atoms with Crippen LogP contribution in [0.25, 0.3) is 0 Å². The van der Waals surface area contributed by atoms with Gasteiger partial charge in [0.25, 0.3) is 0 Å². The van der Waals surface area contributed by atoms with Crippen LogP contribution in [0.4, 0.5) is 0 Å². The largest absolute Gasteiger partial charge is 0.455 e. The summed E-state index contributed by atoms with van der Waals surface area (Å²) in [7, 11) is 1.43. The van der Waals surface area contributed by atoms with Gasteiger partial charge in [-0.3, -0.25) is 4.79 Å². The van der Waals surface area contributed by atoms with Crippen molar-refractivity contribution in [2.24, 2.45) is 17.3 Å². The summed E-state index contributed by atoms with van der Waals surface area (Å²) in [6, 6.07) is 0. The van der Waals surface area contributed by atoms with E-state index in [2.05, 4.69) is 13.2 Å². The summed E-state index contributed by atoms with van der Waals surface area (Å²) in [4.78, 5) is 12.7. The number of methoxy groups -OCH3 is 1. The maximum Gasteiger partial charge on any atom is 0.312 e. The van der Waals surface area contributed by atoms with Crippen molar-refractivity contribution in [2.75, 3.05) is 13.7 Å². The molecule has 1 aliphatic heterocycles. The molecule has 0 aromatic heterocycles. The normalized spacial score (nSPS) is 34.9. The Bertz CT molecular complexity index is 570. The van der Waals surface area contributed by atoms with Gasteiger partial charge >= 0.3 is 5.97 Å². The summed E-state index contributed by atoms with van der Waals surface area (Å²) in [6.45, 7) is 12.4. The van der Waals surface area contributed by atoms with Gasteiger partial charge < -0.3 is 24.8 Å². The van der Waals surface area contributed by atoms with Crippen molar-refractivity contribution in [1.29, 1.82) is 0 Å². The third-order valence-electron chi connectivity index (χ3n) is 5.98. The van der Waals surface area contributed by atoms with Crippen molar-refractivity contribution in [3.8, 4) is 0 Å². The quantitative estimate of drug-likeness (QED) is 0.448. The van der Waals surface area contributed by atoms with Gasteiger partial charge in [-0.2, -0.15) is 0 Å². The molecule has 0 aromatic rings. The van der Waals surface area contributed by atoms with E-state index in [1.165, 1.54) is 13.2 Å². The van der Waals surface area contributed by atoms with Gasteiger partial charge in [0.2, 0.25) is 0 Å². The fourth-order valence-corrected chi connectivity index (χ4v) is 5.03. The van der Waals surface area contributed by atoms with Crippen molar-refractivity contribution in [3.05, 3.63) is 24.8 Å². The highest BCUT2D eigenvalue weighted by Gasteiger charge is 2.79. The number of fused-ring (bicyclic) bond motifs is 1. The van der Waals surface area contributed by atoms with Gasteiger partial charge in [0.1, 0.15) is 11.7 Å². The monoisotopic (exact) mass is 354 g/mol. The van der Waals surface area contributed by atoms with Gasteiger partial charge in [0.15, 0.2) is 5.60 Å². The lowest BCUT2D eigenvalue weighted by atomic mass is 9.44. The minimum absolute atomic E-state index is 0.106. The van der Waals surface area contributed by atoms with E-state index in [9.17, 15) is 20.1 Å². The van der Waals surface area contributed by atoms with E-state index in [-0.39, 0.29) is 6.42 Å². The van der Waals surface area contributed by atoms with Gasteiger partial charge in [0.05, 0.1) is 18.6 Å². The number of carbonyl (C=O) groups is 1. The van der Waals surface area contributed by atoms with Gasteiger partial charge in [-0.1, -0.05) is 25.5 Å². The standard InChI is InChI=1S/C19H30O6/c1-7-13(24-6)15(21)14-12-9-17(4,5)19(12,25-16(14)22)18(23,10-20)8-11(2)3/h7,12-15,20-21,23H,1-2,8-10H2,3-6H3/t12-,13-,14+,15+,18?,19+/m0/s1. The molecule has 1 saturated heterocycles. The summed E-state index contributed by atoms with van der Waals surface area (Å²) in [5.74, 6) is -1.86. The Morgan fingerprint density at radius 3 is 2.56 bits per heavy atom. The summed E-state index contributed by atoms with van der Waals surface area (Å²) in [6.07, 6.45) is 0.265. The minimum Gasteiger partial charge on any atom is -0.455 e. The average Bonchev–Trinajstić information content (AvgIpc) is 2.77. The molecule has 6 atom stereocenters. The van der Waals surface area contributed by atoms with Crippen LogP contribution >= 0.6 is 0 Å². The molecule has 6 heteroatoms. The molecule has 3 N–H and O–H groups in total. The molecule has 2 rings (SSSR count). The van der Waals surface area contributed by atoms with E-state index >= 15 is 0 Å². The lowest BCUT2D eigenvalue weighted by Gasteiger charge is -2.63. The molecule has 0 radical (unpaired) electrons. The third kappa shape index (κ3) is 2.67. The number of aliphatic hydroxyl groups excluding tert-OH is 2. The SMILES string of the molecule is C=C[C@H](OC)[C@@H](O)[C@@H]1C(=O)O[C@]2(C(O)(CO)CC(=C)C)[C@H]1CC2(C)C. The van der Waals surface area contributed by atoms with Crippen LogP contribution in [0.3, 0.4) is 0 Å². The lowest BCUT2D eigenvalue weighted by molar-refractivity contribution is -0.289. The number of ether oxygens (including phenoxy) is 2. The Kier molecular flexibility index (Phi) is 5.23. The van der Waals surface area contributed by atoms with E-state index in [0.717, 1.165) is 0 Å². The number of esters is 1. The highest BCUT2D eigenvalue weighted by Crippen LogP contribution is 2.68. The molecule has 0 aromatic carbocycles. The molecule has 2 fully saturated rings. The minimum atomic E-state index is -1.66. The predicted molar refractivity (Wildman–Crippen MR) is 92.7 cm³/mol. The molecular weight excluding hydrogens is 324 g/mol. The van der Waals surface area contributed by atoms with E-state index < -0.39 is 53.2 Å². The average molecular weight is 354 g/mol. The van der Waals surface area contributed by atoms with Gasteiger partial charge in [-0.15, -0.1) is 13.2 Å². The maximum atomic E-state index is 12.7. The molecule has 1 unspecified atom stereocenters. The molecule has 6 nitrogen and oxygen atoms in total. The zero-order valence-corrected chi connectivity index (χ0v) is 15.5. The van der Waals surface area contributed by atoms with Gasteiger partial charge in [-0.05, 0) is 13.3 Å². The van der Waals surface area contributed by atoms with E-state index in [1.807, 2.05) is 13.8 Å². The Morgan fingerprint density at radius 1 is 1.56 bits per heavy atom. The summed E-state index contributed by atoms with van der Waals surface area (Å²) in [5, 5.41) is 31.9. The summed E-state index contributed by atoms with van der Waals surface area (Å²) < 4.78 is 10.9. The van der Waals surface area contributed by atoms with E-state index in [0.29, 0.717) is 12.0 Å². The van der Waals surface area contributed by atoms with Crippen LogP contribution in [0.2, 0.25) is 0 Å². The van der Waals surface area contributed by atoms with Gasteiger partial charge in [-0.25, -0.2) is 0 Å². The smallest absolute Gasteiger partial charge is 0.312 e. The first-order chi connectivity index (χ1) is 11.5. The highest BCUT2D eigenvalue weighted by atomic mass is 16.6. The van der Waals surface area contributed by atoms with Crippen molar-refractivity contribution in [3.63, 3.8) is 0 Å². The van der Waals surface area contributed by atoms with Crippen LogP contribution in [0.5, 0.6) is 0 Å².